The zero-order chi connectivity index (χ0) is 12.0. The fourth-order valence-electron chi connectivity index (χ4n) is 1.29. The first kappa shape index (κ1) is 12.9. The van der Waals surface area contributed by atoms with Crippen LogP contribution in [0, 0.1) is 17.1 Å². The maximum absolute atomic E-state index is 13.5. The van der Waals surface area contributed by atoms with Crippen molar-refractivity contribution < 1.29 is 9.50 Å². The van der Waals surface area contributed by atoms with Crippen molar-refractivity contribution in [3.63, 3.8) is 0 Å². The topological polar surface area (TPSA) is 56.0 Å². The predicted molar refractivity (Wildman–Crippen MR) is 59.5 cm³/mol. The Morgan fingerprint density at radius 2 is 2.31 bits per heavy atom. The third-order valence-electron chi connectivity index (χ3n) is 2.09. The van der Waals surface area contributed by atoms with Crippen LogP contribution < -0.4 is 5.32 Å². The van der Waals surface area contributed by atoms with E-state index in [1.54, 1.807) is 0 Å². The number of aliphatic hydroxyl groups excluding tert-OH is 1. The second-order valence-electron chi connectivity index (χ2n) is 3.26. The van der Waals surface area contributed by atoms with E-state index in [0.29, 0.717) is 18.0 Å². The van der Waals surface area contributed by atoms with Crippen molar-refractivity contribution in [1.29, 1.82) is 5.26 Å². The highest BCUT2D eigenvalue weighted by molar-refractivity contribution is 6.30. The molecule has 0 radical (unpaired) electrons. The van der Waals surface area contributed by atoms with Gasteiger partial charge in [-0.1, -0.05) is 17.7 Å². The van der Waals surface area contributed by atoms with E-state index < -0.39 is 11.9 Å². The minimum absolute atomic E-state index is 0.0360. The van der Waals surface area contributed by atoms with Gasteiger partial charge >= 0.3 is 0 Å². The molecule has 3 nitrogen and oxygen atoms in total. The maximum atomic E-state index is 13.5. The number of halogens is 2. The average molecular weight is 243 g/mol. The van der Waals surface area contributed by atoms with Crippen LogP contribution in [0.2, 0.25) is 5.02 Å². The largest absolute Gasteiger partial charge is 0.396 e. The Labute approximate surface area is 98.5 Å². The molecule has 0 aromatic heterocycles. The molecule has 1 aromatic rings. The lowest BCUT2D eigenvalue weighted by atomic mass is 10.1. The molecule has 0 bridgehead atoms. The number of nitriles is 1. The molecular weight excluding hydrogens is 231 g/mol. The molecule has 0 aliphatic rings. The van der Waals surface area contributed by atoms with Gasteiger partial charge in [0, 0.05) is 17.2 Å². The normalized spacial score (nSPS) is 12.1. The lowest BCUT2D eigenvalue weighted by Crippen LogP contribution is -2.22. The number of aliphatic hydroxyl groups is 1. The smallest absolute Gasteiger partial charge is 0.130 e. The van der Waals surface area contributed by atoms with Crippen LogP contribution in [-0.4, -0.2) is 18.3 Å². The van der Waals surface area contributed by atoms with Crippen LogP contribution in [-0.2, 0) is 0 Å². The van der Waals surface area contributed by atoms with Crippen molar-refractivity contribution in [2.45, 2.75) is 12.5 Å². The summed E-state index contributed by atoms with van der Waals surface area (Å²) in [5, 5.41) is 20.6. The van der Waals surface area contributed by atoms with Crippen molar-refractivity contribution in [1.82, 2.24) is 5.32 Å². The van der Waals surface area contributed by atoms with Crippen molar-refractivity contribution in [3.8, 4) is 6.07 Å². The van der Waals surface area contributed by atoms with Crippen LogP contribution >= 0.6 is 11.6 Å². The van der Waals surface area contributed by atoms with E-state index in [2.05, 4.69) is 5.32 Å². The van der Waals surface area contributed by atoms with Crippen molar-refractivity contribution >= 4 is 11.6 Å². The number of nitrogens with zero attached hydrogens (tertiary/aromatic N) is 1. The van der Waals surface area contributed by atoms with Crippen molar-refractivity contribution in [2.24, 2.45) is 0 Å². The zero-order valence-corrected chi connectivity index (χ0v) is 9.34. The Morgan fingerprint density at radius 3 is 2.88 bits per heavy atom. The Balaban J connectivity index is 2.76. The summed E-state index contributed by atoms with van der Waals surface area (Å²) in [6.45, 7) is 0.491. The molecule has 0 aliphatic heterocycles. The molecule has 1 atom stereocenters. The summed E-state index contributed by atoms with van der Waals surface area (Å²) in [5.41, 5.74) is 0.268. The molecule has 0 aliphatic carbocycles. The summed E-state index contributed by atoms with van der Waals surface area (Å²) in [7, 11) is 0. The van der Waals surface area contributed by atoms with Crippen LogP contribution in [0.15, 0.2) is 18.2 Å². The maximum Gasteiger partial charge on any atom is 0.130 e. The molecule has 1 aromatic carbocycles. The van der Waals surface area contributed by atoms with Crippen LogP contribution in [0.25, 0.3) is 0 Å². The molecule has 1 rings (SSSR count). The lowest BCUT2D eigenvalue weighted by Gasteiger charge is -2.12. The van der Waals surface area contributed by atoms with E-state index in [9.17, 15) is 4.39 Å². The first-order valence-electron chi connectivity index (χ1n) is 4.88. The van der Waals surface area contributed by atoms with E-state index in [1.165, 1.54) is 18.2 Å². The van der Waals surface area contributed by atoms with E-state index in [1.807, 2.05) is 6.07 Å². The molecule has 16 heavy (non-hydrogen) atoms. The van der Waals surface area contributed by atoms with Crippen LogP contribution in [0.5, 0.6) is 0 Å². The molecule has 2 N–H and O–H groups in total. The number of nitrogens with one attached hydrogen (secondary N) is 1. The number of hydrogen-bond acceptors (Lipinski definition) is 3. The molecular formula is C11H12ClFN2O. The number of hydrogen-bond donors (Lipinski definition) is 2. The third kappa shape index (κ3) is 3.46. The quantitative estimate of drug-likeness (QED) is 0.777. The summed E-state index contributed by atoms with van der Waals surface area (Å²) >= 11 is 5.62. The van der Waals surface area contributed by atoms with E-state index in [4.69, 9.17) is 22.0 Å². The Morgan fingerprint density at radius 1 is 1.56 bits per heavy atom. The third-order valence-corrected chi connectivity index (χ3v) is 2.32. The van der Waals surface area contributed by atoms with Gasteiger partial charge in [0.2, 0.25) is 0 Å². The molecule has 0 fully saturated rings. The number of rotatable bonds is 5. The van der Waals surface area contributed by atoms with Gasteiger partial charge in [-0.25, -0.2) is 4.39 Å². The minimum Gasteiger partial charge on any atom is -0.396 e. The standard InChI is InChI=1S/C11H12ClFN2O/c12-8-2-3-9(10(13)6-8)11(7-14)15-4-1-5-16/h2-3,6,11,15-16H,1,4-5H2. The van der Waals surface area contributed by atoms with E-state index >= 15 is 0 Å². The van der Waals surface area contributed by atoms with Crippen molar-refractivity contribution in [2.75, 3.05) is 13.2 Å². The Kier molecular flexibility index (Phi) is 5.20. The van der Waals surface area contributed by atoms with E-state index in [0.717, 1.165) is 0 Å². The lowest BCUT2D eigenvalue weighted by molar-refractivity contribution is 0.285. The van der Waals surface area contributed by atoms with Gasteiger partial charge in [0.25, 0.3) is 0 Å². The summed E-state index contributed by atoms with van der Waals surface area (Å²) in [6, 6.07) is 5.44. The monoisotopic (exact) mass is 242 g/mol. The first-order chi connectivity index (χ1) is 7.69. The number of benzene rings is 1. The predicted octanol–water partition coefficient (Wildman–Crippen LogP) is 2.02. The van der Waals surface area contributed by atoms with Crippen molar-refractivity contribution in [3.05, 3.63) is 34.6 Å². The second-order valence-corrected chi connectivity index (χ2v) is 3.70. The zero-order valence-electron chi connectivity index (χ0n) is 8.58. The van der Waals surface area contributed by atoms with Gasteiger partial charge in [0.05, 0.1) is 6.07 Å². The highest BCUT2D eigenvalue weighted by atomic mass is 35.5. The molecule has 0 saturated carbocycles. The summed E-state index contributed by atoms with van der Waals surface area (Å²) in [5.74, 6) is -0.504. The highest BCUT2D eigenvalue weighted by Crippen LogP contribution is 2.20. The first-order valence-corrected chi connectivity index (χ1v) is 5.25. The van der Waals surface area contributed by atoms with Gasteiger partial charge < -0.3 is 5.11 Å². The molecule has 0 heterocycles. The van der Waals surface area contributed by atoms with Gasteiger partial charge in [-0.3, -0.25) is 5.32 Å². The minimum atomic E-state index is -0.719. The molecule has 0 spiro atoms. The fraction of sp³-hybridized carbons (Fsp3) is 0.364. The Hall–Kier alpha value is -1.15. The molecule has 0 amide bonds. The van der Waals surface area contributed by atoms with Gasteiger partial charge in [-0.15, -0.1) is 0 Å². The molecule has 86 valence electrons. The van der Waals surface area contributed by atoms with Gasteiger partial charge in [0.15, 0.2) is 0 Å². The van der Waals surface area contributed by atoms with Crippen LogP contribution in [0.4, 0.5) is 4.39 Å². The van der Waals surface area contributed by atoms with Gasteiger partial charge in [-0.2, -0.15) is 5.26 Å². The van der Waals surface area contributed by atoms with Crippen LogP contribution in [0.3, 0.4) is 0 Å². The highest BCUT2D eigenvalue weighted by Gasteiger charge is 2.14. The van der Waals surface area contributed by atoms with E-state index in [-0.39, 0.29) is 12.2 Å². The fourth-order valence-corrected chi connectivity index (χ4v) is 1.45. The second kappa shape index (κ2) is 6.44. The van der Waals surface area contributed by atoms with Crippen LogP contribution in [0.1, 0.15) is 18.0 Å². The summed E-state index contributed by atoms with van der Waals surface area (Å²) < 4.78 is 13.5. The molecule has 5 heteroatoms. The average Bonchev–Trinajstić information content (AvgIpc) is 2.26. The molecule has 1 unspecified atom stereocenters. The Bertz CT molecular complexity index is 392. The SMILES string of the molecule is N#CC(NCCCO)c1ccc(Cl)cc1F. The summed E-state index contributed by atoms with van der Waals surface area (Å²) in [6.07, 6.45) is 0.521. The van der Waals surface area contributed by atoms with Gasteiger partial charge in [0.1, 0.15) is 11.9 Å². The summed E-state index contributed by atoms with van der Waals surface area (Å²) in [4.78, 5) is 0. The molecule has 0 saturated heterocycles. The van der Waals surface area contributed by atoms with Gasteiger partial charge in [-0.05, 0) is 25.1 Å².